The Labute approximate surface area is 568 Å². The lowest BCUT2D eigenvalue weighted by atomic mass is 9.77. The maximum atomic E-state index is 11.0. The van der Waals surface area contributed by atoms with E-state index in [9.17, 15) is 22.0 Å². The van der Waals surface area contributed by atoms with Crippen molar-refractivity contribution in [2.75, 3.05) is 127 Å². The summed E-state index contributed by atoms with van der Waals surface area (Å²) >= 11 is 19.2. The van der Waals surface area contributed by atoms with E-state index in [2.05, 4.69) is 158 Å². The number of nitrogens with two attached hydrogens (primary N) is 1. The van der Waals surface area contributed by atoms with Crippen LogP contribution in [-0.4, -0.2) is 134 Å². The summed E-state index contributed by atoms with van der Waals surface area (Å²) in [5.74, 6) is 4.99. The lowest BCUT2D eigenvalue weighted by Crippen LogP contribution is -2.35. The minimum absolute atomic E-state index is 0.0914. The van der Waals surface area contributed by atoms with Crippen LogP contribution in [0.1, 0.15) is 116 Å². The zero-order valence-corrected chi connectivity index (χ0v) is 62.8. The molecule has 520 valence electrons. The second-order valence-electron chi connectivity index (χ2n) is 24.1. The van der Waals surface area contributed by atoms with Crippen LogP contribution in [0, 0.1) is 0 Å². The van der Waals surface area contributed by atoms with E-state index < -0.39 is 24.9 Å². The Morgan fingerprint density at radius 3 is 1.49 bits per heavy atom. The number of halogens is 4. The van der Waals surface area contributed by atoms with Crippen molar-refractivity contribution in [2.45, 2.75) is 105 Å². The lowest BCUT2D eigenvalue weighted by Gasteiger charge is -2.39. The highest BCUT2D eigenvalue weighted by atomic mass is 36.0. The summed E-state index contributed by atoms with van der Waals surface area (Å²) in [6.07, 6.45) is 11.0. The van der Waals surface area contributed by atoms with Crippen LogP contribution >= 0.6 is 50.5 Å². The number of carbonyl (C=O) groups is 1. The number of hydrogen-bond acceptors (Lipinski definition) is 17. The number of nitrogens with one attached hydrogen (secondary N) is 2. The van der Waals surface area contributed by atoms with Crippen LogP contribution in [0.2, 0.25) is 0 Å². The van der Waals surface area contributed by atoms with E-state index in [1.165, 1.54) is 52.1 Å². The van der Waals surface area contributed by atoms with Crippen LogP contribution in [0.3, 0.4) is 0 Å². The highest BCUT2D eigenvalue weighted by Crippen LogP contribution is 2.61. The van der Waals surface area contributed by atoms with Crippen molar-refractivity contribution in [1.82, 2.24) is 0 Å². The zero-order valence-electron chi connectivity index (χ0n) is 57.2. The SMILES string of the molecule is CC(C)=CCCl.COc1cc(C=O)cc2c1N(C)CCC2(C)C.COc1cccc2c1N(C)CCC2(C)C.COc1cccc2c1NCCC2(C)C.COc1ccccc1N.COc1ccccc1NCC=C(C)C.CS(=O)(=O)O.CS(C)(=O)(O)OO.O=P(Cl)(Cl)Cl. The Kier molecular flexibility index (Phi) is 37.7. The molecule has 5 aromatic carbocycles. The van der Waals surface area contributed by atoms with Crippen LogP contribution in [0.15, 0.2) is 120 Å². The van der Waals surface area contributed by atoms with Gasteiger partial charge in [0.1, 0.15) is 44.7 Å². The molecule has 0 aliphatic carbocycles. The topological polar surface area (TPSA) is 258 Å². The number of ether oxygens (including phenoxy) is 5. The Bertz CT molecular complexity index is 3340. The maximum absolute atomic E-state index is 11.0. The quantitative estimate of drug-likeness (QED) is 0.0105. The van der Waals surface area contributed by atoms with Crippen molar-refractivity contribution < 1.29 is 64.4 Å². The molecular weight excluding hydrogens is 1320 g/mol. The molecule has 3 aliphatic heterocycles. The maximum Gasteiger partial charge on any atom is 0.339 e. The number of nitrogen functional groups attached to an aromatic ring is 1. The molecule has 26 heteroatoms. The third-order valence-electron chi connectivity index (χ3n) is 13.8. The van der Waals surface area contributed by atoms with Gasteiger partial charge in [-0.05, 0) is 162 Å². The molecule has 3 aliphatic rings. The normalized spacial score (nSPS) is 14.5. The molecular formula is C66H102Cl4N5O14PS2. The number of carbonyl (C=O) groups excluding carboxylic acids is 1. The number of rotatable bonds is 11. The van der Waals surface area contributed by atoms with E-state index >= 15 is 0 Å². The Morgan fingerprint density at radius 2 is 1.08 bits per heavy atom. The second kappa shape index (κ2) is 40.1. The summed E-state index contributed by atoms with van der Waals surface area (Å²) in [6.45, 7) is 25.8. The van der Waals surface area contributed by atoms with E-state index in [-0.39, 0.29) is 16.2 Å². The van der Waals surface area contributed by atoms with E-state index in [4.69, 9.17) is 55.4 Å². The van der Waals surface area contributed by atoms with Crippen LogP contribution in [0.25, 0.3) is 0 Å². The number of hydrogen-bond donors (Lipinski definition) is 6. The molecule has 0 saturated carbocycles. The number of alkyl halides is 1. The van der Waals surface area contributed by atoms with Crippen molar-refractivity contribution >= 4 is 105 Å². The Balaban J connectivity index is 0.00000105. The first-order valence-electron chi connectivity index (χ1n) is 29.0. The van der Waals surface area contributed by atoms with Crippen LogP contribution < -0.4 is 49.9 Å². The molecule has 5 aromatic rings. The summed E-state index contributed by atoms with van der Waals surface area (Å²) in [6, 6.07) is 31.7. The van der Waals surface area contributed by atoms with Crippen molar-refractivity contribution in [3.05, 3.63) is 143 Å². The minimum Gasteiger partial charge on any atom is -0.495 e. The minimum atomic E-state index is -4.06. The average Bonchev–Trinajstić information content (AvgIpc) is 0.783. The molecule has 0 bridgehead atoms. The van der Waals surface area contributed by atoms with Gasteiger partial charge in [0.05, 0.1) is 70.2 Å². The number of fused-ring (bicyclic) bond motifs is 3. The molecule has 19 nitrogen and oxygen atoms in total. The largest absolute Gasteiger partial charge is 0.495 e. The predicted molar refractivity (Wildman–Crippen MR) is 390 cm³/mol. The molecule has 0 spiro atoms. The van der Waals surface area contributed by atoms with Crippen molar-refractivity contribution in [3.8, 4) is 28.7 Å². The third kappa shape index (κ3) is 34.7. The molecule has 3 heterocycles. The number of benzene rings is 5. The first kappa shape index (κ1) is 86.6. The fourth-order valence-electron chi connectivity index (χ4n) is 8.84. The Hall–Kier alpha value is -5.42. The second-order valence-corrected chi connectivity index (χ2v) is 35.9. The molecule has 92 heavy (non-hydrogen) atoms. The van der Waals surface area contributed by atoms with Crippen molar-refractivity contribution in [2.24, 2.45) is 0 Å². The van der Waals surface area contributed by atoms with Gasteiger partial charge in [0, 0.05) is 64.2 Å². The lowest BCUT2D eigenvalue weighted by molar-refractivity contribution is -0.141. The van der Waals surface area contributed by atoms with E-state index in [0.717, 1.165) is 91.5 Å². The summed E-state index contributed by atoms with van der Waals surface area (Å²) < 4.78 is 83.6. The van der Waals surface area contributed by atoms with Gasteiger partial charge in [-0.15, -0.1) is 15.9 Å². The number of allylic oxidation sites excluding steroid dienone is 3. The molecule has 0 unspecified atom stereocenters. The zero-order chi connectivity index (χ0) is 71.1. The van der Waals surface area contributed by atoms with Gasteiger partial charge in [-0.1, -0.05) is 113 Å². The number of aldehydes is 1. The monoisotopic (exact) mass is 1420 g/mol. The van der Waals surface area contributed by atoms with Gasteiger partial charge in [-0.2, -0.15) is 8.42 Å². The fraction of sp³-hybridized carbons (Fsp3) is 0.470. The van der Waals surface area contributed by atoms with Crippen LogP contribution in [0.5, 0.6) is 28.7 Å². The molecule has 0 radical (unpaired) electrons. The molecule has 0 amide bonds. The highest BCUT2D eigenvalue weighted by Gasteiger charge is 2.34. The van der Waals surface area contributed by atoms with E-state index in [1.807, 2.05) is 86.7 Å². The summed E-state index contributed by atoms with van der Waals surface area (Å²) in [4.78, 5) is 15.5. The van der Waals surface area contributed by atoms with Crippen molar-refractivity contribution in [3.63, 3.8) is 0 Å². The van der Waals surface area contributed by atoms with E-state index in [0.29, 0.717) is 23.4 Å². The number of methoxy groups -OCH3 is 5. The van der Waals surface area contributed by atoms with Gasteiger partial charge < -0.3 is 54.4 Å². The molecule has 0 saturated heterocycles. The highest BCUT2D eigenvalue weighted by molar-refractivity contribution is 8.24. The van der Waals surface area contributed by atoms with Crippen molar-refractivity contribution in [1.29, 1.82) is 0 Å². The molecule has 0 aromatic heterocycles. The number of anilines is 5. The van der Waals surface area contributed by atoms with Gasteiger partial charge in [0.15, 0.2) is 0 Å². The van der Waals surface area contributed by atoms with E-state index in [1.54, 1.807) is 41.6 Å². The molecule has 0 fully saturated rings. The first-order chi connectivity index (χ1) is 42.4. The van der Waals surface area contributed by atoms with Crippen LogP contribution in [-0.2, 0) is 44.9 Å². The fourth-order valence-corrected chi connectivity index (χ4v) is 9.14. The first-order valence-corrected chi connectivity index (χ1v) is 38.4. The summed E-state index contributed by atoms with van der Waals surface area (Å²) in [5.41, 5.74) is 18.6. The third-order valence-corrected chi connectivity index (χ3v) is 14.4. The Morgan fingerprint density at radius 1 is 0.674 bits per heavy atom. The smallest absolute Gasteiger partial charge is 0.339 e. The van der Waals surface area contributed by atoms with Crippen LogP contribution in [0.4, 0.5) is 28.4 Å². The summed E-state index contributed by atoms with van der Waals surface area (Å²) in [5, 5.41) is 11.1. The van der Waals surface area contributed by atoms with Gasteiger partial charge >= 0.3 is 5.20 Å². The standard InChI is InChI=1S/C14H19NO2.C13H19NO.2C12H17NO.C7H9NO.C5H9Cl.C2H8O4S.CH4O3S.Cl3OP/c1-14(2)5-6-15(3)13-11(14)7-10(9-16)8-12(13)17-4;1-13(2)8-9-14(3)12-10(13)6-5-7-11(12)15-4;1-12(2)7-8-13-11-9(12)5-4-6-10(11)14-3;1-10(2)8-9-13-11-6-4-5-7-12(11)14-3;1-9-7-5-3-2-4-6(7)8;1-5(2)3-4-6;1-7(2,4,5)6-3;2*1-5(2,3)4/h7-9H,5-6H2,1-4H3;5-7H,8-9H2,1-4H3;4-6,13H,7-8H2,1-3H3;4-8,13H,9H2,1-3H3;2-5H,8H2,1H3;3H,4H2,1-2H3;3H,1-2H3,(H,4,5);1H3,(H,2,3,4);. The number of para-hydroxylation sites is 6. The predicted octanol–water partition coefficient (Wildman–Crippen LogP) is 17.0. The molecule has 0 atom stereocenters. The summed E-state index contributed by atoms with van der Waals surface area (Å²) in [7, 11) is 4.87. The molecule has 7 N–H and O–H groups in total. The van der Waals surface area contributed by atoms with Gasteiger partial charge in [0.25, 0.3) is 10.1 Å². The molecule has 8 rings (SSSR count). The van der Waals surface area contributed by atoms with Gasteiger partial charge in [-0.3, -0.25) is 13.9 Å². The van der Waals surface area contributed by atoms with Gasteiger partial charge in [0.2, 0.25) is 0 Å². The average molecular weight is 1430 g/mol. The number of nitrogens with zero attached hydrogens (tertiary/aromatic N) is 2. The van der Waals surface area contributed by atoms with Gasteiger partial charge in [-0.25, -0.2) is 9.47 Å².